The lowest BCUT2D eigenvalue weighted by molar-refractivity contribution is -0.125. The molecule has 0 saturated carbocycles. The number of carbonyl (C=O) groups is 1. The first-order valence-electron chi connectivity index (χ1n) is 4.14. The molecule has 1 unspecified atom stereocenters. The van der Waals surface area contributed by atoms with Gasteiger partial charge in [-0.3, -0.25) is 4.79 Å². The predicted molar refractivity (Wildman–Crippen MR) is 48.9 cm³/mol. The molecule has 0 aliphatic carbocycles. The van der Waals surface area contributed by atoms with Crippen LogP contribution in [0, 0.1) is 0 Å². The topological polar surface area (TPSA) is 101 Å². The number of nitrogens with zero attached hydrogens (tertiary/aromatic N) is 2. The Bertz CT molecular complexity index is 291. The molecule has 0 bridgehead atoms. The van der Waals surface area contributed by atoms with Crippen LogP contribution in [-0.2, 0) is 11.3 Å². The summed E-state index contributed by atoms with van der Waals surface area (Å²) in [6, 6.07) is 1.71. The first-order valence-corrected chi connectivity index (χ1v) is 4.14. The molecule has 1 atom stereocenters. The number of primary amides is 1. The Morgan fingerprint density at radius 3 is 2.79 bits per heavy atom. The molecule has 1 rings (SSSR count). The Hall–Kier alpha value is -1.53. The van der Waals surface area contributed by atoms with E-state index in [2.05, 4.69) is 15.3 Å². The minimum absolute atomic E-state index is 0.105. The molecule has 76 valence electrons. The summed E-state index contributed by atoms with van der Waals surface area (Å²) in [5.41, 5.74) is 4.86. The normalized spacial score (nSPS) is 12.4. The summed E-state index contributed by atoms with van der Waals surface area (Å²) >= 11 is 0. The van der Waals surface area contributed by atoms with Crippen molar-refractivity contribution in [2.24, 2.45) is 5.73 Å². The highest BCUT2D eigenvalue weighted by Crippen LogP contribution is 1.86. The van der Waals surface area contributed by atoms with Crippen LogP contribution in [0.1, 0.15) is 5.82 Å². The highest BCUT2D eigenvalue weighted by molar-refractivity contribution is 5.78. The summed E-state index contributed by atoms with van der Waals surface area (Å²) in [7, 11) is 0. The zero-order valence-corrected chi connectivity index (χ0v) is 7.55. The molecule has 0 aliphatic heterocycles. The average Bonchev–Trinajstić information content (AvgIpc) is 2.19. The fourth-order valence-electron chi connectivity index (χ4n) is 0.843. The van der Waals surface area contributed by atoms with Crippen molar-refractivity contribution in [3.8, 4) is 0 Å². The van der Waals surface area contributed by atoms with E-state index in [1.807, 2.05) is 0 Å². The van der Waals surface area contributed by atoms with Crippen LogP contribution in [0.25, 0.3) is 0 Å². The second-order valence-corrected chi connectivity index (χ2v) is 2.71. The summed E-state index contributed by atoms with van der Waals surface area (Å²) in [4.78, 5) is 18.3. The van der Waals surface area contributed by atoms with E-state index in [-0.39, 0.29) is 6.54 Å². The number of rotatable bonds is 5. The first-order chi connectivity index (χ1) is 6.70. The van der Waals surface area contributed by atoms with Crippen LogP contribution in [0.2, 0.25) is 0 Å². The van der Waals surface area contributed by atoms with Crippen molar-refractivity contribution in [3.05, 3.63) is 24.3 Å². The van der Waals surface area contributed by atoms with Crippen LogP contribution in [0.15, 0.2) is 18.5 Å². The maximum absolute atomic E-state index is 10.4. The van der Waals surface area contributed by atoms with E-state index < -0.39 is 12.0 Å². The minimum atomic E-state index is -1.17. The van der Waals surface area contributed by atoms with Gasteiger partial charge in [0, 0.05) is 18.9 Å². The zero-order chi connectivity index (χ0) is 10.4. The van der Waals surface area contributed by atoms with Gasteiger partial charge in [-0.15, -0.1) is 0 Å². The summed E-state index contributed by atoms with van der Waals surface area (Å²) in [6.45, 7) is 0.499. The number of aromatic nitrogens is 2. The lowest BCUT2D eigenvalue weighted by Gasteiger charge is -2.06. The molecule has 1 aromatic rings. The van der Waals surface area contributed by atoms with Crippen molar-refractivity contribution in [2.75, 3.05) is 6.54 Å². The van der Waals surface area contributed by atoms with Crippen molar-refractivity contribution < 1.29 is 9.90 Å². The van der Waals surface area contributed by atoms with Crippen molar-refractivity contribution >= 4 is 5.91 Å². The van der Waals surface area contributed by atoms with Crippen LogP contribution in [0.5, 0.6) is 0 Å². The lowest BCUT2D eigenvalue weighted by Crippen LogP contribution is -2.37. The number of carbonyl (C=O) groups excluding carboxylic acids is 1. The molecule has 4 N–H and O–H groups in total. The molecule has 0 spiro atoms. The van der Waals surface area contributed by atoms with E-state index in [0.29, 0.717) is 12.4 Å². The second-order valence-electron chi connectivity index (χ2n) is 2.71. The quantitative estimate of drug-likeness (QED) is 0.527. The number of nitrogens with two attached hydrogens (primary N) is 1. The van der Waals surface area contributed by atoms with E-state index in [1.165, 1.54) is 0 Å². The van der Waals surface area contributed by atoms with Crippen LogP contribution < -0.4 is 11.1 Å². The highest BCUT2D eigenvalue weighted by atomic mass is 16.3. The molecule has 1 amide bonds. The van der Waals surface area contributed by atoms with Gasteiger partial charge in [-0.05, 0) is 6.07 Å². The average molecular weight is 196 g/mol. The third-order valence-corrected chi connectivity index (χ3v) is 1.57. The number of hydrogen-bond acceptors (Lipinski definition) is 5. The molecule has 0 fully saturated rings. The summed E-state index contributed by atoms with van der Waals surface area (Å²) in [5.74, 6) is -0.143. The number of amides is 1. The Morgan fingerprint density at radius 2 is 2.21 bits per heavy atom. The molecule has 6 heteroatoms. The standard InChI is InChI=1S/C8H12N4O2/c9-8(14)6(13)4-10-5-7-11-2-1-3-12-7/h1-3,6,10,13H,4-5H2,(H2,9,14). The lowest BCUT2D eigenvalue weighted by atomic mass is 10.3. The third-order valence-electron chi connectivity index (χ3n) is 1.57. The van der Waals surface area contributed by atoms with Crippen molar-refractivity contribution in [3.63, 3.8) is 0 Å². The summed E-state index contributed by atoms with van der Waals surface area (Å²) in [6.07, 6.45) is 2.07. The Morgan fingerprint density at radius 1 is 1.57 bits per heavy atom. The van der Waals surface area contributed by atoms with E-state index in [9.17, 15) is 4.79 Å². The molecule has 0 saturated heterocycles. The fraction of sp³-hybridized carbons (Fsp3) is 0.375. The smallest absolute Gasteiger partial charge is 0.247 e. The zero-order valence-electron chi connectivity index (χ0n) is 7.55. The third kappa shape index (κ3) is 3.46. The number of aliphatic hydroxyl groups excluding tert-OH is 1. The molecule has 0 radical (unpaired) electrons. The predicted octanol–water partition coefficient (Wildman–Crippen LogP) is -1.59. The van der Waals surface area contributed by atoms with Crippen molar-refractivity contribution in [1.29, 1.82) is 0 Å². The van der Waals surface area contributed by atoms with Crippen LogP contribution in [-0.4, -0.2) is 33.6 Å². The summed E-state index contributed by atoms with van der Waals surface area (Å²) < 4.78 is 0. The van der Waals surface area contributed by atoms with Crippen LogP contribution in [0.3, 0.4) is 0 Å². The van der Waals surface area contributed by atoms with Gasteiger partial charge < -0.3 is 16.2 Å². The van der Waals surface area contributed by atoms with Gasteiger partial charge in [-0.1, -0.05) is 0 Å². The van der Waals surface area contributed by atoms with Gasteiger partial charge in [-0.2, -0.15) is 0 Å². The number of hydrogen-bond donors (Lipinski definition) is 3. The highest BCUT2D eigenvalue weighted by Gasteiger charge is 2.09. The molecular weight excluding hydrogens is 184 g/mol. The van der Waals surface area contributed by atoms with Gasteiger partial charge in [0.1, 0.15) is 11.9 Å². The number of aliphatic hydroxyl groups is 1. The minimum Gasteiger partial charge on any atom is -0.382 e. The molecule has 0 aromatic carbocycles. The van der Waals surface area contributed by atoms with E-state index >= 15 is 0 Å². The van der Waals surface area contributed by atoms with E-state index in [4.69, 9.17) is 10.8 Å². The molecule has 1 aromatic heterocycles. The molecule has 0 aliphatic rings. The van der Waals surface area contributed by atoms with Gasteiger partial charge in [0.15, 0.2) is 0 Å². The Balaban J connectivity index is 2.26. The van der Waals surface area contributed by atoms with Gasteiger partial charge in [0.2, 0.25) is 5.91 Å². The van der Waals surface area contributed by atoms with Crippen molar-refractivity contribution in [1.82, 2.24) is 15.3 Å². The van der Waals surface area contributed by atoms with Gasteiger partial charge in [0.25, 0.3) is 0 Å². The second kappa shape index (κ2) is 5.25. The largest absolute Gasteiger partial charge is 0.382 e. The molecule has 1 heterocycles. The summed E-state index contributed by atoms with van der Waals surface area (Å²) in [5, 5.41) is 11.8. The van der Waals surface area contributed by atoms with Gasteiger partial charge in [0.05, 0.1) is 6.54 Å². The van der Waals surface area contributed by atoms with Crippen molar-refractivity contribution in [2.45, 2.75) is 12.6 Å². The fourth-order valence-corrected chi connectivity index (χ4v) is 0.843. The first kappa shape index (κ1) is 10.6. The maximum Gasteiger partial charge on any atom is 0.247 e. The Kier molecular flexibility index (Phi) is 3.96. The molecule has 6 nitrogen and oxygen atoms in total. The monoisotopic (exact) mass is 196 g/mol. The van der Waals surface area contributed by atoms with E-state index in [1.54, 1.807) is 18.5 Å². The Labute approximate surface area is 81.2 Å². The molecular formula is C8H12N4O2. The van der Waals surface area contributed by atoms with Crippen LogP contribution in [0.4, 0.5) is 0 Å². The van der Waals surface area contributed by atoms with E-state index in [0.717, 1.165) is 0 Å². The molecule has 14 heavy (non-hydrogen) atoms. The number of nitrogens with one attached hydrogen (secondary N) is 1. The van der Waals surface area contributed by atoms with Gasteiger partial charge in [-0.25, -0.2) is 9.97 Å². The maximum atomic E-state index is 10.4. The van der Waals surface area contributed by atoms with Gasteiger partial charge >= 0.3 is 0 Å². The van der Waals surface area contributed by atoms with Crippen LogP contribution >= 0.6 is 0 Å². The SMILES string of the molecule is NC(=O)C(O)CNCc1ncccn1.